The molecule has 0 saturated carbocycles. The summed E-state index contributed by atoms with van der Waals surface area (Å²) in [5.41, 5.74) is 2.16. The molecule has 25 heavy (non-hydrogen) atoms. The second kappa shape index (κ2) is 7.16. The molecule has 1 unspecified atom stereocenters. The minimum atomic E-state index is 0.0604. The molecule has 1 fully saturated rings. The van der Waals surface area contributed by atoms with Crippen LogP contribution in [0.5, 0.6) is 0 Å². The third-order valence-electron chi connectivity index (χ3n) is 4.42. The smallest absolute Gasteiger partial charge is 0.164 e. The van der Waals surface area contributed by atoms with Gasteiger partial charge in [0.25, 0.3) is 0 Å². The third-order valence-corrected chi connectivity index (χ3v) is 4.42. The normalized spacial score (nSPS) is 18.5. The van der Waals surface area contributed by atoms with E-state index in [1.165, 1.54) is 0 Å². The number of para-hydroxylation sites is 1. The highest BCUT2D eigenvalue weighted by molar-refractivity contribution is 5.29. The lowest BCUT2D eigenvalue weighted by Crippen LogP contribution is -2.38. The molecule has 1 aliphatic heterocycles. The first-order chi connectivity index (χ1) is 12.3. The first kappa shape index (κ1) is 16.0. The molecular weight excluding hydrogens is 316 g/mol. The Morgan fingerprint density at radius 3 is 2.92 bits per heavy atom. The molecule has 130 valence electrons. The summed E-state index contributed by atoms with van der Waals surface area (Å²) in [6.07, 6.45) is 5.80. The van der Waals surface area contributed by atoms with E-state index in [2.05, 4.69) is 33.2 Å². The molecule has 4 rings (SSSR count). The Balaban J connectivity index is 1.41. The molecule has 3 heterocycles. The molecule has 0 radical (unpaired) electrons. The molecular formula is C18H22N6O. The number of aromatic nitrogens is 5. The predicted molar refractivity (Wildman–Crippen MR) is 93.2 cm³/mol. The number of hydrogen-bond acceptors (Lipinski definition) is 5. The Bertz CT molecular complexity index is 812. The zero-order valence-corrected chi connectivity index (χ0v) is 14.3. The van der Waals surface area contributed by atoms with E-state index in [1.54, 1.807) is 6.33 Å². The number of aryl methyl sites for hydroxylation is 1. The van der Waals surface area contributed by atoms with Crippen LogP contribution in [0.1, 0.15) is 24.4 Å². The number of nitrogens with zero attached hydrogens (tertiary/aromatic N) is 6. The van der Waals surface area contributed by atoms with Crippen LogP contribution in [0, 0.1) is 0 Å². The van der Waals surface area contributed by atoms with Crippen LogP contribution in [0.3, 0.4) is 0 Å². The highest BCUT2D eigenvalue weighted by atomic mass is 16.5. The molecule has 7 heteroatoms. The van der Waals surface area contributed by atoms with Gasteiger partial charge >= 0.3 is 0 Å². The van der Waals surface area contributed by atoms with Crippen LogP contribution < -0.4 is 0 Å². The summed E-state index contributed by atoms with van der Waals surface area (Å²) < 4.78 is 9.67. The lowest BCUT2D eigenvalue weighted by atomic mass is 10.1. The first-order valence-corrected chi connectivity index (χ1v) is 8.64. The maximum absolute atomic E-state index is 5.92. The van der Waals surface area contributed by atoms with Gasteiger partial charge in [0.1, 0.15) is 6.33 Å². The van der Waals surface area contributed by atoms with Crippen LogP contribution in [0.4, 0.5) is 0 Å². The Kier molecular flexibility index (Phi) is 4.58. The SMILES string of the molecule is CCn1cc(C2CN(Cc3ncn(-c4ccccc4)n3)CCO2)cn1. The van der Waals surface area contributed by atoms with E-state index >= 15 is 0 Å². The fourth-order valence-electron chi connectivity index (χ4n) is 3.04. The molecule has 7 nitrogen and oxygen atoms in total. The lowest BCUT2D eigenvalue weighted by Gasteiger charge is -2.31. The molecule has 0 aliphatic carbocycles. The molecule has 0 spiro atoms. The van der Waals surface area contributed by atoms with Crippen molar-refractivity contribution in [2.75, 3.05) is 19.7 Å². The fourth-order valence-corrected chi connectivity index (χ4v) is 3.04. The van der Waals surface area contributed by atoms with E-state index in [4.69, 9.17) is 4.74 Å². The molecule has 3 aromatic rings. The summed E-state index contributed by atoms with van der Waals surface area (Å²) in [5, 5.41) is 8.94. The van der Waals surface area contributed by atoms with Crippen LogP contribution in [0.2, 0.25) is 0 Å². The van der Waals surface area contributed by atoms with Crippen molar-refractivity contribution in [3.05, 3.63) is 60.4 Å². The maximum atomic E-state index is 5.92. The molecule has 1 aromatic carbocycles. The molecule has 1 saturated heterocycles. The van der Waals surface area contributed by atoms with Gasteiger partial charge in [-0.15, -0.1) is 5.10 Å². The van der Waals surface area contributed by atoms with Crippen LogP contribution in [0.25, 0.3) is 5.69 Å². The summed E-state index contributed by atoms with van der Waals surface area (Å²) in [4.78, 5) is 6.79. The molecule has 0 amide bonds. The predicted octanol–water partition coefficient (Wildman–Crippen LogP) is 2.06. The minimum Gasteiger partial charge on any atom is -0.371 e. The molecule has 1 atom stereocenters. The Labute approximate surface area is 146 Å². The van der Waals surface area contributed by atoms with Gasteiger partial charge in [0.05, 0.1) is 31.1 Å². The molecule has 0 bridgehead atoms. The Morgan fingerprint density at radius 1 is 1.24 bits per heavy atom. The topological polar surface area (TPSA) is 61.0 Å². The largest absolute Gasteiger partial charge is 0.371 e. The van der Waals surface area contributed by atoms with E-state index in [0.717, 1.165) is 43.3 Å². The van der Waals surface area contributed by atoms with Crippen molar-refractivity contribution in [1.29, 1.82) is 0 Å². The van der Waals surface area contributed by atoms with Crippen molar-refractivity contribution in [2.24, 2.45) is 0 Å². The van der Waals surface area contributed by atoms with E-state index in [-0.39, 0.29) is 6.10 Å². The molecule has 0 N–H and O–H groups in total. The van der Waals surface area contributed by atoms with Gasteiger partial charge in [-0.2, -0.15) is 5.10 Å². The monoisotopic (exact) mass is 338 g/mol. The highest BCUT2D eigenvalue weighted by Crippen LogP contribution is 2.22. The van der Waals surface area contributed by atoms with Gasteiger partial charge < -0.3 is 4.74 Å². The summed E-state index contributed by atoms with van der Waals surface area (Å²) in [7, 11) is 0. The van der Waals surface area contributed by atoms with Crippen molar-refractivity contribution in [2.45, 2.75) is 26.1 Å². The zero-order chi connectivity index (χ0) is 17.1. The van der Waals surface area contributed by atoms with Crippen molar-refractivity contribution >= 4 is 0 Å². The Hall–Kier alpha value is -2.51. The van der Waals surface area contributed by atoms with Gasteiger partial charge in [0.15, 0.2) is 5.82 Å². The van der Waals surface area contributed by atoms with E-state index in [0.29, 0.717) is 6.61 Å². The van der Waals surface area contributed by atoms with Crippen molar-refractivity contribution < 1.29 is 4.74 Å². The summed E-state index contributed by atoms with van der Waals surface area (Å²) in [6.45, 7) is 6.10. The van der Waals surface area contributed by atoms with E-state index < -0.39 is 0 Å². The van der Waals surface area contributed by atoms with Gasteiger partial charge in [-0.3, -0.25) is 9.58 Å². The highest BCUT2D eigenvalue weighted by Gasteiger charge is 2.24. The van der Waals surface area contributed by atoms with Gasteiger partial charge in [0, 0.05) is 31.4 Å². The van der Waals surface area contributed by atoms with Crippen molar-refractivity contribution in [3.63, 3.8) is 0 Å². The van der Waals surface area contributed by atoms with Crippen molar-refractivity contribution in [1.82, 2.24) is 29.4 Å². The van der Waals surface area contributed by atoms with Crippen LogP contribution >= 0.6 is 0 Å². The van der Waals surface area contributed by atoms with Crippen molar-refractivity contribution in [3.8, 4) is 5.69 Å². The third kappa shape index (κ3) is 3.62. The van der Waals surface area contributed by atoms with Crippen LogP contribution in [-0.4, -0.2) is 49.1 Å². The van der Waals surface area contributed by atoms with Gasteiger partial charge in [-0.1, -0.05) is 18.2 Å². The number of rotatable bonds is 5. The van der Waals surface area contributed by atoms with E-state index in [9.17, 15) is 0 Å². The summed E-state index contributed by atoms with van der Waals surface area (Å²) in [5.74, 6) is 0.828. The van der Waals surface area contributed by atoms with Gasteiger partial charge in [-0.25, -0.2) is 9.67 Å². The quantitative estimate of drug-likeness (QED) is 0.713. The number of hydrogen-bond donors (Lipinski definition) is 0. The summed E-state index contributed by atoms with van der Waals surface area (Å²) in [6, 6.07) is 10.0. The Morgan fingerprint density at radius 2 is 2.12 bits per heavy atom. The second-order valence-electron chi connectivity index (χ2n) is 6.16. The van der Waals surface area contributed by atoms with Crippen LogP contribution in [-0.2, 0) is 17.8 Å². The maximum Gasteiger partial charge on any atom is 0.164 e. The number of benzene rings is 1. The number of morpholine rings is 1. The average molecular weight is 338 g/mol. The van der Waals surface area contributed by atoms with Gasteiger partial charge in [0.2, 0.25) is 0 Å². The van der Waals surface area contributed by atoms with Gasteiger partial charge in [-0.05, 0) is 19.1 Å². The van der Waals surface area contributed by atoms with Crippen LogP contribution in [0.15, 0.2) is 49.1 Å². The fraction of sp³-hybridized carbons (Fsp3) is 0.389. The first-order valence-electron chi connectivity index (χ1n) is 8.64. The zero-order valence-electron chi connectivity index (χ0n) is 14.3. The molecule has 1 aliphatic rings. The minimum absolute atomic E-state index is 0.0604. The summed E-state index contributed by atoms with van der Waals surface area (Å²) >= 11 is 0. The standard InChI is InChI=1S/C18H22N6O/c1-2-23-11-15(10-20-23)17-12-22(8-9-25-17)13-18-19-14-24(21-18)16-6-4-3-5-7-16/h3-7,10-11,14,17H,2,8-9,12-13H2,1H3. The van der Waals surface area contributed by atoms with E-state index in [1.807, 2.05) is 45.9 Å². The second-order valence-corrected chi connectivity index (χ2v) is 6.16. The number of ether oxygens (including phenoxy) is 1. The lowest BCUT2D eigenvalue weighted by molar-refractivity contribution is -0.0337. The molecule has 2 aromatic heterocycles. The average Bonchev–Trinajstić information content (AvgIpc) is 3.32.